The molecule has 112 valence electrons. The van der Waals surface area contributed by atoms with E-state index < -0.39 is 0 Å². The highest BCUT2D eigenvalue weighted by atomic mass is 16.3. The van der Waals surface area contributed by atoms with Crippen LogP contribution >= 0.6 is 0 Å². The van der Waals surface area contributed by atoms with E-state index in [1.807, 2.05) is 39.8 Å². The summed E-state index contributed by atoms with van der Waals surface area (Å²) in [6.45, 7) is 7.97. The van der Waals surface area contributed by atoms with Crippen LogP contribution < -0.4 is 5.73 Å². The predicted molar refractivity (Wildman–Crippen MR) is 81.3 cm³/mol. The molecular weight excluding hydrogens is 252 g/mol. The summed E-state index contributed by atoms with van der Waals surface area (Å²) in [7, 11) is 1.74. The summed E-state index contributed by atoms with van der Waals surface area (Å²) >= 11 is 0. The number of hydrogen-bond donors (Lipinski definition) is 2. The van der Waals surface area contributed by atoms with E-state index in [0.717, 1.165) is 5.56 Å². The second-order valence-corrected chi connectivity index (χ2v) is 6.42. The first kappa shape index (κ1) is 16.5. The van der Waals surface area contributed by atoms with Crippen molar-refractivity contribution < 1.29 is 9.90 Å². The van der Waals surface area contributed by atoms with Crippen LogP contribution in [0.5, 0.6) is 5.75 Å². The van der Waals surface area contributed by atoms with Crippen molar-refractivity contribution in [3.05, 3.63) is 29.8 Å². The molecule has 0 aromatic heterocycles. The molecule has 0 fully saturated rings. The Morgan fingerprint density at radius 3 is 2.40 bits per heavy atom. The van der Waals surface area contributed by atoms with Crippen molar-refractivity contribution in [2.24, 2.45) is 11.1 Å². The van der Waals surface area contributed by atoms with Gasteiger partial charge in [-0.1, -0.05) is 39.0 Å². The molecule has 4 heteroatoms. The van der Waals surface area contributed by atoms with Gasteiger partial charge in [0.05, 0.1) is 6.04 Å². The molecule has 0 saturated carbocycles. The lowest BCUT2D eigenvalue weighted by molar-refractivity contribution is -0.132. The van der Waals surface area contributed by atoms with Crippen molar-refractivity contribution in [1.82, 2.24) is 4.90 Å². The summed E-state index contributed by atoms with van der Waals surface area (Å²) in [4.78, 5) is 13.9. The fraction of sp³-hybridized carbons (Fsp3) is 0.562. The van der Waals surface area contributed by atoms with Crippen LogP contribution in [0.1, 0.15) is 45.7 Å². The van der Waals surface area contributed by atoms with Crippen LogP contribution in [0.3, 0.4) is 0 Å². The van der Waals surface area contributed by atoms with E-state index >= 15 is 0 Å². The summed E-state index contributed by atoms with van der Waals surface area (Å²) in [6.07, 6.45) is 0.304. The highest BCUT2D eigenvalue weighted by molar-refractivity contribution is 5.77. The summed E-state index contributed by atoms with van der Waals surface area (Å²) in [5.74, 6) is 0.197. The van der Waals surface area contributed by atoms with Crippen molar-refractivity contribution in [3.63, 3.8) is 0 Å². The number of carbonyl (C=O) groups is 1. The highest BCUT2D eigenvalue weighted by Crippen LogP contribution is 2.28. The quantitative estimate of drug-likeness (QED) is 0.890. The minimum atomic E-state index is -0.186. The Balaban J connectivity index is 2.77. The highest BCUT2D eigenvalue weighted by Gasteiger charge is 2.26. The molecule has 0 aliphatic carbocycles. The van der Waals surface area contributed by atoms with Gasteiger partial charge in [0.2, 0.25) is 5.91 Å². The van der Waals surface area contributed by atoms with E-state index in [2.05, 4.69) is 0 Å². The van der Waals surface area contributed by atoms with Crippen LogP contribution in [0.15, 0.2) is 24.3 Å². The lowest BCUT2D eigenvalue weighted by Gasteiger charge is -2.31. The standard InChI is InChI=1S/C16H26N2O2/c1-11(12-8-6-7-9-13(12)19)18(5)15(20)10-14(17)16(2,3)4/h6-9,11,14,19H,10,17H2,1-5H3. The van der Waals surface area contributed by atoms with Crippen LogP contribution in [0.2, 0.25) is 0 Å². The first-order chi connectivity index (χ1) is 9.14. The first-order valence-electron chi connectivity index (χ1n) is 6.93. The van der Waals surface area contributed by atoms with Gasteiger partial charge in [-0.25, -0.2) is 0 Å². The predicted octanol–water partition coefficient (Wildman–Crippen LogP) is 2.68. The van der Waals surface area contributed by atoms with Gasteiger partial charge in [-0.3, -0.25) is 4.79 Å². The molecule has 1 amide bonds. The summed E-state index contributed by atoms with van der Waals surface area (Å²) < 4.78 is 0. The van der Waals surface area contributed by atoms with E-state index in [4.69, 9.17) is 5.73 Å². The van der Waals surface area contributed by atoms with Crippen LogP contribution in [-0.2, 0) is 4.79 Å². The molecule has 0 spiro atoms. The molecular formula is C16H26N2O2. The molecule has 2 atom stereocenters. The fourth-order valence-electron chi connectivity index (χ4n) is 1.90. The number of benzene rings is 1. The number of aromatic hydroxyl groups is 1. The van der Waals surface area contributed by atoms with Crippen molar-refractivity contribution in [2.45, 2.75) is 46.2 Å². The van der Waals surface area contributed by atoms with E-state index in [1.165, 1.54) is 0 Å². The van der Waals surface area contributed by atoms with Gasteiger partial charge in [-0.2, -0.15) is 0 Å². The first-order valence-corrected chi connectivity index (χ1v) is 6.93. The van der Waals surface area contributed by atoms with Gasteiger partial charge in [-0.05, 0) is 18.4 Å². The smallest absolute Gasteiger partial charge is 0.224 e. The number of carbonyl (C=O) groups excluding carboxylic acids is 1. The van der Waals surface area contributed by atoms with Crippen LogP contribution in [-0.4, -0.2) is 29.0 Å². The van der Waals surface area contributed by atoms with Crippen LogP contribution in [0, 0.1) is 5.41 Å². The Bertz CT molecular complexity index is 466. The Morgan fingerprint density at radius 1 is 1.35 bits per heavy atom. The van der Waals surface area contributed by atoms with Gasteiger partial charge in [0.15, 0.2) is 0 Å². The second-order valence-electron chi connectivity index (χ2n) is 6.42. The van der Waals surface area contributed by atoms with E-state index in [9.17, 15) is 9.90 Å². The Kier molecular flexibility index (Phi) is 5.17. The van der Waals surface area contributed by atoms with Gasteiger partial charge < -0.3 is 15.7 Å². The zero-order valence-electron chi connectivity index (χ0n) is 13.1. The molecule has 2 unspecified atom stereocenters. The van der Waals surface area contributed by atoms with Crippen molar-refractivity contribution in [2.75, 3.05) is 7.05 Å². The molecule has 0 heterocycles. The molecule has 0 aliphatic heterocycles. The number of nitrogens with two attached hydrogens (primary N) is 1. The van der Waals surface area contributed by atoms with Gasteiger partial charge in [0.1, 0.15) is 5.75 Å². The third-order valence-electron chi connectivity index (χ3n) is 3.87. The SMILES string of the molecule is CC(c1ccccc1O)N(C)C(=O)CC(N)C(C)(C)C. The number of para-hydroxylation sites is 1. The van der Waals surface area contributed by atoms with E-state index in [1.54, 1.807) is 24.1 Å². The lowest BCUT2D eigenvalue weighted by atomic mass is 9.85. The Labute approximate surface area is 121 Å². The number of phenols is 1. The van der Waals surface area contributed by atoms with Gasteiger partial charge in [0.25, 0.3) is 0 Å². The molecule has 0 aliphatic rings. The molecule has 1 rings (SSSR count). The molecule has 0 radical (unpaired) electrons. The number of hydrogen-bond acceptors (Lipinski definition) is 3. The molecule has 0 saturated heterocycles. The molecule has 4 nitrogen and oxygen atoms in total. The Morgan fingerprint density at radius 2 is 1.90 bits per heavy atom. The van der Waals surface area contributed by atoms with Gasteiger partial charge >= 0.3 is 0 Å². The average molecular weight is 278 g/mol. The zero-order chi connectivity index (χ0) is 15.5. The summed E-state index contributed by atoms with van der Waals surface area (Å²) in [6, 6.07) is 6.71. The summed E-state index contributed by atoms with van der Waals surface area (Å²) in [5.41, 5.74) is 6.70. The summed E-state index contributed by atoms with van der Waals surface area (Å²) in [5, 5.41) is 9.86. The van der Waals surface area contributed by atoms with Crippen molar-refractivity contribution in [1.29, 1.82) is 0 Å². The normalized spacial score (nSPS) is 14.7. The van der Waals surface area contributed by atoms with Crippen LogP contribution in [0.25, 0.3) is 0 Å². The fourth-order valence-corrected chi connectivity index (χ4v) is 1.90. The van der Waals surface area contributed by atoms with Gasteiger partial charge in [-0.15, -0.1) is 0 Å². The minimum Gasteiger partial charge on any atom is -0.508 e. The monoisotopic (exact) mass is 278 g/mol. The number of phenolic OH excluding ortho intramolecular Hbond substituents is 1. The van der Waals surface area contributed by atoms with E-state index in [-0.39, 0.29) is 29.2 Å². The third-order valence-corrected chi connectivity index (χ3v) is 3.87. The van der Waals surface area contributed by atoms with Crippen LogP contribution in [0.4, 0.5) is 0 Å². The van der Waals surface area contributed by atoms with Gasteiger partial charge in [0, 0.05) is 25.1 Å². The topological polar surface area (TPSA) is 66.6 Å². The maximum Gasteiger partial charge on any atom is 0.224 e. The number of nitrogens with zero attached hydrogens (tertiary/aromatic N) is 1. The maximum absolute atomic E-state index is 12.3. The van der Waals surface area contributed by atoms with Crippen molar-refractivity contribution >= 4 is 5.91 Å². The Hall–Kier alpha value is -1.55. The molecule has 0 bridgehead atoms. The molecule has 1 aromatic rings. The minimum absolute atomic E-state index is 0.0109. The maximum atomic E-state index is 12.3. The molecule has 1 aromatic carbocycles. The number of amides is 1. The number of rotatable bonds is 4. The largest absolute Gasteiger partial charge is 0.508 e. The average Bonchev–Trinajstić information content (AvgIpc) is 2.36. The zero-order valence-corrected chi connectivity index (χ0v) is 13.1. The molecule has 20 heavy (non-hydrogen) atoms. The second kappa shape index (κ2) is 6.27. The van der Waals surface area contributed by atoms with Crippen molar-refractivity contribution in [3.8, 4) is 5.75 Å². The molecule has 3 N–H and O–H groups in total. The van der Waals surface area contributed by atoms with E-state index in [0.29, 0.717) is 6.42 Å². The third kappa shape index (κ3) is 3.97. The lowest BCUT2D eigenvalue weighted by Crippen LogP contribution is -2.41.